The Hall–Kier alpha value is -0.730. The summed E-state index contributed by atoms with van der Waals surface area (Å²) in [6.45, 7) is 17.9. The highest BCUT2D eigenvalue weighted by Gasteiger charge is 2.42. The third kappa shape index (κ3) is 6.58. The fraction of sp³-hybridized carbons (Fsp3) is 0.947. The molecule has 0 atom stereocenters. The first-order valence-electron chi connectivity index (χ1n) is 9.28. The van der Waals surface area contributed by atoms with Gasteiger partial charge in [-0.25, -0.2) is 4.79 Å². The second-order valence-electron chi connectivity index (χ2n) is 7.33. The van der Waals surface area contributed by atoms with Gasteiger partial charge < -0.3 is 9.64 Å². The van der Waals surface area contributed by atoms with Gasteiger partial charge in [-0.1, -0.05) is 47.5 Å². The molecule has 1 aliphatic carbocycles. The molecular formula is C19H39NO2. The largest absolute Gasteiger partial charge is 0.444 e. The van der Waals surface area contributed by atoms with Crippen molar-refractivity contribution in [3.05, 3.63) is 0 Å². The molecule has 132 valence electrons. The number of carbonyl (C=O) groups excluding carboxylic acids is 1. The highest BCUT2D eigenvalue weighted by atomic mass is 16.6. The molecular weight excluding hydrogens is 274 g/mol. The summed E-state index contributed by atoms with van der Waals surface area (Å²) in [7, 11) is 0. The second-order valence-corrected chi connectivity index (χ2v) is 7.33. The Labute approximate surface area is 138 Å². The minimum atomic E-state index is -0.381. The van der Waals surface area contributed by atoms with E-state index in [1.54, 1.807) is 0 Å². The molecule has 3 heteroatoms. The van der Waals surface area contributed by atoms with Gasteiger partial charge in [0.25, 0.3) is 0 Å². The van der Waals surface area contributed by atoms with E-state index in [4.69, 9.17) is 4.74 Å². The Kier molecular flexibility index (Phi) is 9.11. The zero-order valence-electron chi connectivity index (χ0n) is 16.3. The summed E-state index contributed by atoms with van der Waals surface area (Å²) >= 11 is 0. The minimum absolute atomic E-state index is 0.127. The van der Waals surface area contributed by atoms with Crippen molar-refractivity contribution < 1.29 is 9.53 Å². The van der Waals surface area contributed by atoms with Gasteiger partial charge in [-0.3, -0.25) is 0 Å². The molecule has 1 spiro atoms. The van der Waals surface area contributed by atoms with Crippen LogP contribution in [0.3, 0.4) is 0 Å². The first-order chi connectivity index (χ1) is 10.3. The first-order valence-corrected chi connectivity index (χ1v) is 9.28. The smallest absolute Gasteiger partial charge is 0.410 e. The molecule has 0 bridgehead atoms. The average Bonchev–Trinajstić information content (AvgIpc) is 2.90. The van der Waals surface area contributed by atoms with Crippen molar-refractivity contribution in [2.75, 3.05) is 13.1 Å². The van der Waals surface area contributed by atoms with E-state index >= 15 is 0 Å². The Morgan fingerprint density at radius 2 is 1.55 bits per heavy atom. The number of amides is 1. The van der Waals surface area contributed by atoms with E-state index in [1.807, 2.05) is 53.4 Å². The molecule has 2 rings (SSSR count). The van der Waals surface area contributed by atoms with Crippen LogP contribution < -0.4 is 0 Å². The zero-order chi connectivity index (χ0) is 17.4. The molecule has 2 fully saturated rings. The van der Waals surface area contributed by atoms with Crippen LogP contribution in [-0.4, -0.2) is 29.7 Å². The van der Waals surface area contributed by atoms with Crippen molar-refractivity contribution in [2.24, 2.45) is 11.3 Å². The van der Waals surface area contributed by atoms with Crippen LogP contribution in [0.5, 0.6) is 0 Å². The molecule has 0 aromatic rings. The van der Waals surface area contributed by atoms with Crippen LogP contribution in [0.2, 0.25) is 0 Å². The quantitative estimate of drug-likeness (QED) is 0.559. The van der Waals surface area contributed by atoms with Crippen LogP contribution in [0.4, 0.5) is 4.79 Å². The van der Waals surface area contributed by atoms with E-state index in [2.05, 4.69) is 6.92 Å². The summed E-state index contributed by atoms with van der Waals surface area (Å²) in [5.41, 5.74) is 0.0251. The molecule has 1 saturated heterocycles. The summed E-state index contributed by atoms with van der Waals surface area (Å²) < 4.78 is 5.46. The van der Waals surface area contributed by atoms with Gasteiger partial charge in [0.1, 0.15) is 5.60 Å². The molecule has 1 saturated carbocycles. The molecule has 0 unspecified atom stereocenters. The van der Waals surface area contributed by atoms with Crippen molar-refractivity contribution in [3.8, 4) is 0 Å². The van der Waals surface area contributed by atoms with Crippen molar-refractivity contribution in [2.45, 2.75) is 93.1 Å². The van der Waals surface area contributed by atoms with Gasteiger partial charge >= 0.3 is 6.09 Å². The number of hydrogen-bond acceptors (Lipinski definition) is 2. The van der Waals surface area contributed by atoms with Gasteiger partial charge in [0.05, 0.1) is 0 Å². The Balaban J connectivity index is 0.00000102. The predicted octanol–water partition coefficient (Wildman–Crippen LogP) is 5.88. The second kappa shape index (κ2) is 9.42. The maximum absolute atomic E-state index is 12.1. The normalized spacial score (nSPS) is 27.5. The predicted molar refractivity (Wildman–Crippen MR) is 95.2 cm³/mol. The SMILES string of the molecule is CC.CC.CC1CCC2(CC1)CCN(C(=O)OC(C)(C)C)C2. The number of hydrogen-bond donors (Lipinski definition) is 0. The minimum Gasteiger partial charge on any atom is -0.444 e. The molecule has 2 aliphatic rings. The monoisotopic (exact) mass is 313 g/mol. The van der Waals surface area contributed by atoms with Crippen molar-refractivity contribution >= 4 is 6.09 Å². The van der Waals surface area contributed by atoms with E-state index in [0.717, 1.165) is 19.0 Å². The van der Waals surface area contributed by atoms with Crippen LogP contribution in [0.1, 0.15) is 87.5 Å². The number of nitrogens with zero attached hydrogens (tertiary/aromatic N) is 1. The lowest BCUT2D eigenvalue weighted by Gasteiger charge is -2.36. The number of carbonyl (C=O) groups is 1. The van der Waals surface area contributed by atoms with Crippen LogP contribution in [0.25, 0.3) is 0 Å². The standard InChI is InChI=1S/C15H27NO2.2C2H6/c1-12-5-7-15(8-6-12)9-10-16(11-15)13(17)18-14(2,3)4;2*1-2/h12H,5-11H2,1-4H3;2*1-2H3. The highest BCUT2D eigenvalue weighted by Crippen LogP contribution is 2.45. The van der Waals surface area contributed by atoms with Crippen LogP contribution in [-0.2, 0) is 4.74 Å². The molecule has 1 aliphatic heterocycles. The van der Waals surface area contributed by atoms with Crippen LogP contribution in [0, 0.1) is 11.3 Å². The maximum Gasteiger partial charge on any atom is 0.410 e. The lowest BCUT2D eigenvalue weighted by Crippen LogP contribution is -2.37. The Morgan fingerprint density at radius 3 is 2.00 bits per heavy atom. The molecule has 1 heterocycles. The summed E-state index contributed by atoms with van der Waals surface area (Å²) in [6, 6.07) is 0. The lowest BCUT2D eigenvalue weighted by molar-refractivity contribution is 0.0258. The van der Waals surface area contributed by atoms with Crippen molar-refractivity contribution in [3.63, 3.8) is 0 Å². The fourth-order valence-electron chi connectivity index (χ4n) is 3.20. The van der Waals surface area contributed by atoms with Crippen molar-refractivity contribution in [1.29, 1.82) is 0 Å². The summed E-state index contributed by atoms with van der Waals surface area (Å²) in [5, 5.41) is 0. The van der Waals surface area contributed by atoms with E-state index in [1.165, 1.54) is 32.1 Å². The summed E-state index contributed by atoms with van der Waals surface area (Å²) in [5.74, 6) is 0.867. The topological polar surface area (TPSA) is 29.5 Å². The molecule has 0 aromatic heterocycles. The zero-order valence-corrected chi connectivity index (χ0v) is 16.3. The number of ether oxygens (including phenoxy) is 1. The van der Waals surface area contributed by atoms with Crippen LogP contribution in [0.15, 0.2) is 0 Å². The van der Waals surface area contributed by atoms with E-state index in [9.17, 15) is 4.79 Å². The van der Waals surface area contributed by atoms with Gasteiger partial charge in [0.2, 0.25) is 0 Å². The molecule has 1 amide bonds. The molecule has 3 nitrogen and oxygen atoms in total. The number of rotatable bonds is 0. The van der Waals surface area contributed by atoms with Crippen LogP contribution >= 0.6 is 0 Å². The van der Waals surface area contributed by atoms with Gasteiger partial charge in [0.15, 0.2) is 0 Å². The first kappa shape index (κ1) is 21.3. The average molecular weight is 314 g/mol. The molecule has 0 aromatic carbocycles. The summed E-state index contributed by atoms with van der Waals surface area (Å²) in [4.78, 5) is 14.0. The third-order valence-corrected chi connectivity index (χ3v) is 4.42. The number of likely N-dealkylation sites (tertiary alicyclic amines) is 1. The fourth-order valence-corrected chi connectivity index (χ4v) is 3.20. The van der Waals surface area contributed by atoms with E-state index in [0.29, 0.717) is 5.41 Å². The van der Waals surface area contributed by atoms with Gasteiger partial charge in [-0.05, 0) is 51.4 Å². The van der Waals surface area contributed by atoms with Gasteiger partial charge in [-0.2, -0.15) is 0 Å². The van der Waals surface area contributed by atoms with Gasteiger partial charge in [-0.15, -0.1) is 0 Å². The Bertz CT molecular complexity index is 312. The Morgan fingerprint density at radius 1 is 1.05 bits per heavy atom. The van der Waals surface area contributed by atoms with E-state index in [-0.39, 0.29) is 11.7 Å². The molecule has 22 heavy (non-hydrogen) atoms. The van der Waals surface area contributed by atoms with E-state index < -0.39 is 0 Å². The third-order valence-electron chi connectivity index (χ3n) is 4.42. The molecule has 0 N–H and O–H groups in total. The molecule has 0 radical (unpaired) electrons. The maximum atomic E-state index is 12.1. The van der Waals surface area contributed by atoms with Gasteiger partial charge in [0, 0.05) is 13.1 Å². The summed E-state index contributed by atoms with van der Waals surface area (Å²) in [6.07, 6.45) is 6.25. The van der Waals surface area contributed by atoms with Crippen molar-refractivity contribution in [1.82, 2.24) is 4.90 Å². The highest BCUT2D eigenvalue weighted by molar-refractivity contribution is 5.68. The lowest BCUT2D eigenvalue weighted by atomic mass is 9.70.